The van der Waals surface area contributed by atoms with Gasteiger partial charge in [-0.2, -0.15) is 0 Å². The first-order chi connectivity index (χ1) is 12.7. The average molecular weight is 350 g/mol. The highest BCUT2D eigenvalue weighted by atomic mass is 16.5. The maximum atomic E-state index is 12.6. The van der Waals surface area contributed by atoms with E-state index in [2.05, 4.69) is 9.97 Å². The van der Waals surface area contributed by atoms with Gasteiger partial charge in [0.05, 0.1) is 37.9 Å². The van der Waals surface area contributed by atoms with Gasteiger partial charge in [0.25, 0.3) is 0 Å². The van der Waals surface area contributed by atoms with E-state index < -0.39 is 0 Å². The van der Waals surface area contributed by atoms with E-state index >= 15 is 0 Å². The van der Waals surface area contributed by atoms with Crippen molar-refractivity contribution in [3.63, 3.8) is 0 Å². The minimum atomic E-state index is -0.206. The van der Waals surface area contributed by atoms with Crippen LogP contribution in [0.15, 0.2) is 48.8 Å². The van der Waals surface area contributed by atoms with Gasteiger partial charge in [0.1, 0.15) is 5.75 Å². The molecule has 132 valence electrons. The molecule has 0 saturated heterocycles. The molecular weight excluding hydrogens is 332 g/mol. The van der Waals surface area contributed by atoms with Gasteiger partial charge < -0.3 is 14.2 Å². The number of methoxy groups -OCH3 is 3. The molecule has 0 saturated carbocycles. The Hall–Kier alpha value is -3.41. The highest BCUT2D eigenvalue weighted by Crippen LogP contribution is 2.35. The van der Waals surface area contributed by atoms with E-state index in [-0.39, 0.29) is 5.78 Å². The Morgan fingerprint density at radius 1 is 0.846 bits per heavy atom. The number of benzene rings is 2. The van der Waals surface area contributed by atoms with Crippen LogP contribution in [0.1, 0.15) is 15.9 Å². The molecule has 0 aliphatic carbocycles. The molecule has 0 amide bonds. The second kappa shape index (κ2) is 7.65. The number of fused-ring (bicyclic) bond motifs is 1. The highest BCUT2D eigenvalue weighted by Gasteiger charge is 2.16. The zero-order valence-corrected chi connectivity index (χ0v) is 14.7. The van der Waals surface area contributed by atoms with E-state index in [0.29, 0.717) is 22.8 Å². The molecule has 2 aromatic carbocycles. The van der Waals surface area contributed by atoms with Crippen molar-refractivity contribution in [2.75, 3.05) is 21.3 Å². The minimum absolute atomic E-state index is 0.206. The van der Waals surface area contributed by atoms with Gasteiger partial charge >= 0.3 is 0 Å². The summed E-state index contributed by atoms with van der Waals surface area (Å²) in [5, 5.41) is 0. The van der Waals surface area contributed by atoms with E-state index in [9.17, 15) is 4.79 Å². The summed E-state index contributed by atoms with van der Waals surface area (Å²) in [4.78, 5) is 21.1. The fourth-order valence-electron chi connectivity index (χ4n) is 2.57. The third-order valence-electron chi connectivity index (χ3n) is 3.89. The average Bonchev–Trinajstić information content (AvgIpc) is 2.70. The summed E-state index contributed by atoms with van der Waals surface area (Å²) in [6, 6.07) is 8.86. The normalized spacial score (nSPS) is 10.9. The van der Waals surface area contributed by atoms with Crippen molar-refractivity contribution in [1.82, 2.24) is 9.97 Å². The van der Waals surface area contributed by atoms with Crippen LogP contribution in [-0.4, -0.2) is 37.1 Å². The van der Waals surface area contributed by atoms with Crippen molar-refractivity contribution in [2.24, 2.45) is 0 Å². The molecule has 1 aromatic heterocycles. The number of aromatic nitrogens is 2. The standard InChI is InChI=1S/C20H18N2O4/c1-24-18-12-20(26-3)19(25-2)11-14(18)17(23)7-5-13-4-6-15-16(10-13)22-9-8-21-15/h4-12H,1-3H3/b7-5+. The molecule has 0 spiro atoms. The summed E-state index contributed by atoms with van der Waals surface area (Å²) in [6.07, 6.45) is 6.49. The second-order valence-corrected chi connectivity index (χ2v) is 5.41. The molecule has 6 nitrogen and oxygen atoms in total. The molecule has 0 bridgehead atoms. The van der Waals surface area contributed by atoms with Crippen LogP contribution in [0.3, 0.4) is 0 Å². The van der Waals surface area contributed by atoms with Gasteiger partial charge in [0, 0.05) is 18.5 Å². The number of hydrogen-bond donors (Lipinski definition) is 0. The van der Waals surface area contributed by atoms with Crippen LogP contribution in [0.2, 0.25) is 0 Å². The van der Waals surface area contributed by atoms with Gasteiger partial charge in [0.2, 0.25) is 0 Å². The molecule has 3 rings (SSSR count). The zero-order valence-electron chi connectivity index (χ0n) is 14.7. The Morgan fingerprint density at radius 2 is 1.50 bits per heavy atom. The first kappa shape index (κ1) is 17.4. The van der Waals surface area contributed by atoms with Crippen LogP contribution >= 0.6 is 0 Å². The minimum Gasteiger partial charge on any atom is -0.496 e. The summed E-state index contributed by atoms with van der Waals surface area (Å²) in [5.41, 5.74) is 2.82. The Kier molecular flexibility index (Phi) is 5.12. The van der Waals surface area contributed by atoms with Gasteiger partial charge in [-0.1, -0.05) is 12.1 Å². The highest BCUT2D eigenvalue weighted by molar-refractivity contribution is 6.09. The number of carbonyl (C=O) groups excluding carboxylic acids is 1. The summed E-state index contributed by atoms with van der Waals surface area (Å²) < 4.78 is 15.8. The van der Waals surface area contributed by atoms with Crippen LogP contribution in [0.4, 0.5) is 0 Å². The molecule has 0 atom stereocenters. The van der Waals surface area contributed by atoms with Crippen LogP contribution < -0.4 is 14.2 Å². The number of nitrogens with zero attached hydrogens (tertiary/aromatic N) is 2. The molecule has 6 heteroatoms. The number of ether oxygens (including phenoxy) is 3. The van der Waals surface area contributed by atoms with E-state index in [0.717, 1.165) is 16.6 Å². The summed E-state index contributed by atoms with van der Waals surface area (Å²) in [7, 11) is 4.55. The SMILES string of the molecule is COc1cc(OC)c(C(=O)/C=C/c2ccc3nccnc3c2)cc1OC. The molecule has 0 unspecified atom stereocenters. The van der Waals surface area contributed by atoms with Crippen molar-refractivity contribution in [3.8, 4) is 17.2 Å². The number of hydrogen-bond acceptors (Lipinski definition) is 6. The Bertz CT molecular complexity index is 983. The lowest BCUT2D eigenvalue weighted by Crippen LogP contribution is -2.01. The number of rotatable bonds is 6. The Morgan fingerprint density at radius 3 is 2.19 bits per heavy atom. The van der Waals surface area contributed by atoms with Crippen molar-refractivity contribution in [1.29, 1.82) is 0 Å². The molecular formula is C20H18N2O4. The topological polar surface area (TPSA) is 70.5 Å². The smallest absolute Gasteiger partial charge is 0.189 e. The molecule has 0 aliphatic heterocycles. The van der Waals surface area contributed by atoms with Gasteiger partial charge in [-0.05, 0) is 29.8 Å². The van der Waals surface area contributed by atoms with E-state index in [4.69, 9.17) is 14.2 Å². The molecule has 26 heavy (non-hydrogen) atoms. The number of ketones is 1. The zero-order chi connectivity index (χ0) is 18.5. The fourth-order valence-corrected chi connectivity index (χ4v) is 2.57. The first-order valence-corrected chi connectivity index (χ1v) is 7.89. The van der Waals surface area contributed by atoms with Crippen LogP contribution in [0.5, 0.6) is 17.2 Å². The molecule has 0 aliphatic rings. The second-order valence-electron chi connectivity index (χ2n) is 5.41. The maximum absolute atomic E-state index is 12.6. The fraction of sp³-hybridized carbons (Fsp3) is 0.150. The van der Waals surface area contributed by atoms with Crippen molar-refractivity contribution >= 4 is 22.9 Å². The first-order valence-electron chi connectivity index (χ1n) is 7.89. The number of allylic oxidation sites excluding steroid dienone is 1. The Labute approximate surface area is 151 Å². The van der Waals surface area contributed by atoms with Crippen LogP contribution in [0.25, 0.3) is 17.1 Å². The summed E-state index contributed by atoms with van der Waals surface area (Å²) in [5.74, 6) is 1.17. The lowest BCUT2D eigenvalue weighted by molar-refractivity contribution is 0.104. The quantitative estimate of drug-likeness (QED) is 0.500. The molecule has 3 aromatic rings. The third-order valence-corrected chi connectivity index (χ3v) is 3.89. The molecule has 0 radical (unpaired) electrons. The molecule has 0 fully saturated rings. The van der Waals surface area contributed by atoms with Gasteiger partial charge in [-0.15, -0.1) is 0 Å². The van der Waals surface area contributed by atoms with Gasteiger partial charge in [0.15, 0.2) is 17.3 Å². The summed E-state index contributed by atoms with van der Waals surface area (Å²) >= 11 is 0. The Balaban J connectivity index is 1.92. The van der Waals surface area contributed by atoms with Crippen molar-refractivity contribution in [2.45, 2.75) is 0 Å². The van der Waals surface area contributed by atoms with E-state index in [1.54, 1.807) is 30.6 Å². The lowest BCUT2D eigenvalue weighted by Gasteiger charge is -2.12. The third kappa shape index (κ3) is 3.49. The lowest BCUT2D eigenvalue weighted by atomic mass is 10.1. The van der Waals surface area contributed by atoms with Crippen LogP contribution in [-0.2, 0) is 0 Å². The number of carbonyl (C=O) groups is 1. The van der Waals surface area contributed by atoms with E-state index in [1.807, 2.05) is 18.2 Å². The van der Waals surface area contributed by atoms with Crippen molar-refractivity contribution in [3.05, 3.63) is 59.9 Å². The van der Waals surface area contributed by atoms with Gasteiger partial charge in [-0.25, -0.2) is 0 Å². The largest absolute Gasteiger partial charge is 0.496 e. The molecule has 0 N–H and O–H groups in total. The summed E-state index contributed by atoms with van der Waals surface area (Å²) in [6.45, 7) is 0. The predicted octanol–water partition coefficient (Wildman–Crippen LogP) is 3.55. The van der Waals surface area contributed by atoms with Gasteiger partial charge in [-0.3, -0.25) is 14.8 Å². The maximum Gasteiger partial charge on any atom is 0.189 e. The van der Waals surface area contributed by atoms with Crippen LogP contribution in [0, 0.1) is 0 Å². The predicted molar refractivity (Wildman–Crippen MR) is 99.0 cm³/mol. The monoisotopic (exact) mass is 350 g/mol. The van der Waals surface area contributed by atoms with Crippen molar-refractivity contribution < 1.29 is 19.0 Å². The molecule has 1 heterocycles. The van der Waals surface area contributed by atoms with E-state index in [1.165, 1.54) is 27.4 Å².